The van der Waals surface area contributed by atoms with Crippen molar-refractivity contribution < 1.29 is 38.1 Å². The molecule has 5 atom stereocenters. The Hall–Kier alpha value is -2.52. The molecule has 1 aromatic heterocycles. The van der Waals surface area contributed by atoms with Crippen LogP contribution in [0, 0.1) is 11.8 Å². The number of ether oxygens (including phenoxy) is 1. The van der Waals surface area contributed by atoms with Crippen LogP contribution in [0.25, 0.3) is 0 Å². The van der Waals surface area contributed by atoms with Crippen molar-refractivity contribution in [2.24, 2.45) is 16.2 Å². The fourth-order valence-corrected chi connectivity index (χ4v) is 6.25. The van der Waals surface area contributed by atoms with Crippen LogP contribution in [0.1, 0.15) is 78.1 Å². The third-order valence-electron chi connectivity index (χ3n) is 6.53. The molecular formula is C27H42N4O8S2. The smallest absolute Gasteiger partial charge is 0.311 e. The summed E-state index contributed by atoms with van der Waals surface area (Å²) < 4.78 is 32.5. The molecule has 0 unspecified atom stereocenters. The van der Waals surface area contributed by atoms with E-state index in [0.717, 1.165) is 25.5 Å². The van der Waals surface area contributed by atoms with Gasteiger partial charge in [0.2, 0.25) is 11.0 Å². The van der Waals surface area contributed by atoms with Crippen molar-refractivity contribution in [2.75, 3.05) is 11.9 Å². The molecule has 4 N–H and O–H groups in total. The summed E-state index contributed by atoms with van der Waals surface area (Å²) in [5.74, 6) is -1.16. The second-order valence-corrected chi connectivity index (χ2v) is 12.8. The molecule has 1 amide bonds. The minimum atomic E-state index is -4.06. The van der Waals surface area contributed by atoms with E-state index in [1.807, 2.05) is 18.2 Å². The second-order valence-electron chi connectivity index (χ2n) is 9.99. The maximum atomic E-state index is 12.1. The predicted molar refractivity (Wildman–Crippen MR) is 156 cm³/mol. The lowest BCUT2D eigenvalue weighted by atomic mass is 9.89. The normalized spacial score (nSPS) is 22.2. The number of aliphatic hydroxyl groups is 3. The zero-order valence-corrected chi connectivity index (χ0v) is 25.2. The average Bonchev–Trinajstić information content (AvgIpc) is 3.48. The van der Waals surface area contributed by atoms with Gasteiger partial charge in [0.1, 0.15) is 0 Å². The third kappa shape index (κ3) is 12.9. The lowest BCUT2D eigenvalue weighted by Gasteiger charge is -2.19. The van der Waals surface area contributed by atoms with E-state index in [-0.39, 0.29) is 40.8 Å². The van der Waals surface area contributed by atoms with Gasteiger partial charge in [-0.25, -0.2) is 0 Å². The quantitative estimate of drug-likeness (QED) is 0.0628. The molecule has 1 aromatic rings. The summed E-state index contributed by atoms with van der Waals surface area (Å²) in [6.07, 6.45) is 13.0. The number of rotatable bonds is 18. The number of amides is 1. The van der Waals surface area contributed by atoms with Gasteiger partial charge in [-0.3, -0.25) is 9.59 Å². The Morgan fingerprint density at radius 3 is 2.68 bits per heavy atom. The van der Waals surface area contributed by atoms with E-state index in [2.05, 4.69) is 26.8 Å². The van der Waals surface area contributed by atoms with E-state index >= 15 is 0 Å². The first-order valence-corrected chi connectivity index (χ1v) is 16.2. The molecule has 14 heteroatoms. The molecule has 12 nitrogen and oxygen atoms in total. The number of aliphatic hydroxyl groups excluding tert-OH is 3. The molecule has 230 valence electrons. The number of carbonyl (C=O) groups excluding carboxylic acids is 2. The molecule has 2 rings (SSSR count). The number of esters is 1. The number of anilines is 1. The van der Waals surface area contributed by atoms with Crippen molar-refractivity contribution in [3.8, 4) is 0 Å². The van der Waals surface area contributed by atoms with Crippen LogP contribution in [0.2, 0.25) is 0 Å². The zero-order chi connectivity index (χ0) is 30.3. The summed E-state index contributed by atoms with van der Waals surface area (Å²) in [6.45, 7) is 3.35. The maximum Gasteiger partial charge on any atom is 0.311 e. The van der Waals surface area contributed by atoms with Crippen molar-refractivity contribution in [3.05, 3.63) is 24.3 Å². The molecule has 0 radical (unpaired) electrons. The number of allylic oxidation sites excluding steroid dienone is 2. The first-order chi connectivity index (χ1) is 19.5. The molecule has 41 heavy (non-hydrogen) atoms. The predicted octanol–water partition coefficient (Wildman–Crippen LogP) is 3.16. The number of unbranched alkanes of at least 4 members (excludes halogenated alkanes) is 3. The molecule has 0 bridgehead atoms. The molecule has 1 aliphatic rings. The fourth-order valence-electron chi connectivity index (χ4n) is 4.41. The van der Waals surface area contributed by atoms with Gasteiger partial charge < -0.3 is 25.4 Å². The van der Waals surface area contributed by atoms with Gasteiger partial charge in [-0.15, -0.1) is 10.2 Å². The van der Waals surface area contributed by atoms with Crippen molar-refractivity contribution >= 4 is 44.6 Å². The van der Waals surface area contributed by atoms with Crippen LogP contribution in [-0.2, 0) is 24.3 Å². The Kier molecular flexibility index (Phi) is 15.3. The van der Waals surface area contributed by atoms with E-state index in [1.54, 1.807) is 6.08 Å². The minimum absolute atomic E-state index is 0.0228. The lowest BCUT2D eigenvalue weighted by Crippen LogP contribution is -2.20. The van der Waals surface area contributed by atoms with Crippen LogP contribution in [-0.4, -0.2) is 76.9 Å². The summed E-state index contributed by atoms with van der Waals surface area (Å²) >= 11 is 0.682. The number of sulfonamides is 1. The topological polar surface area (TPSA) is 188 Å². The van der Waals surface area contributed by atoms with E-state index < -0.39 is 40.2 Å². The summed E-state index contributed by atoms with van der Waals surface area (Å²) in [6, 6.07) is 0. The molecule has 0 spiro atoms. The maximum absolute atomic E-state index is 12.1. The zero-order valence-electron chi connectivity index (χ0n) is 23.6. The number of carbonyl (C=O) groups is 2. The molecule has 0 aliphatic heterocycles. The monoisotopic (exact) mass is 614 g/mol. The van der Waals surface area contributed by atoms with E-state index in [4.69, 9.17) is 4.74 Å². The first-order valence-electron chi connectivity index (χ1n) is 14.0. The number of hydrogen-bond acceptors (Lipinski definition) is 11. The van der Waals surface area contributed by atoms with Crippen LogP contribution in [0.3, 0.4) is 0 Å². The van der Waals surface area contributed by atoms with E-state index in [9.17, 15) is 33.3 Å². The number of hydrogen-bond donors (Lipinski definition) is 4. The SMILES string of the molecule is CCCCC[C@H](O)/C=C/[C@@H]1[C@@H](C/C=C\CCCC(=O)OCCC=NS(=O)(=O)c2nnc(NC(C)=O)s2)[C@@H](O)C[C@H]1O. The Morgan fingerprint density at radius 2 is 1.95 bits per heavy atom. The fraction of sp³-hybridized carbons (Fsp3) is 0.667. The number of aromatic nitrogens is 2. The summed E-state index contributed by atoms with van der Waals surface area (Å²) in [7, 11) is -4.06. The highest BCUT2D eigenvalue weighted by molar-refractivity contribution is 7.92. The first kappa shape index (κ1) is 34.7. The molecule has 0 saturated heterocycles. The van der Waals surface area contributed by atoms with Crippen LogP contribution in [0.5, 0.6) is 0 Å². The van der Waals surface area contributed by atoms with Crippen molar-refractivity contribution in [3.63, 3.8) is 0 Å². The lowest BCUT2D eigenvalue weighted by molar-refractivity contribution is -0.143. The van der Waals surface area contributed by atoms with Crippen LogP contribution in [0.15, 0.2) is 33.0 Å². The highest BCUT2D eigenvalue weighted by Gasteiger charge is 2.39. The van der Waals surface area contributed by atoms with Crippen molar-refractivity contribution in [1.29, 1.82) is 0 Å². The third-order valence-corrected chi connectivity index (χ3v) is 9.00. The molecule has 1 saturated carbocycles. The number of nitrogens with zero attached hydrogens (tertiary/aromatic N) is 3. The van der Waals surface area contributed by atoms with Gasteiger partial charge in [-0.1, -0.05) is 61.8 Å². The van der Waals surface area contributed by atoms with Gasteiger partial charge in [0, 0.05) is 38.3 Å². The molecular weight excluding hydrogens is 572 g/mol. The highest BCUT2D eigenvalue weighted by atomic mass is 32.2. The van der Waals surface area contributed by atoms with Crippen LogP contribution in [0.4, 0.5) is 5.13 Å². The van der Waals surface area contributed by atoms with Gasteiger partial charge in [0.05, 0.1) is 24.9 Å². The highest BCUT2D eigenvalue weighted by Crippen LogP contribution is 2.36. The van der Waals surface area contributed by atoms with Crippen molar-refractivity contribution in [2.45, 2.75) is 101 Å². The Labute approximate surface area is 245 Å². The van der Waals surface area contributed by atoms with Gasteiger partial charge in [0.25, 0.3) is 4.34 Å². The molecule has 1 heterocycles. The molecule has 1 aliphatic carbocycles. The average molecular weight is 615 g/mol. The van der Waals surface area contributed by atoms with Gasteiger partial charge >= 0.3 is 16.0 Å². The van der Waals surface area contributed by atoms with Crippen molar-refractivity contribution in [1.82, 2.24) is 10.2 Å². The van der Waals surface area contributed by atoms with Gasteiger partial charge in [0.15, 0.2) is 0 Å². The van der Waals surface area contributed by atoms with Crippen LogP contribution >= 0.6 is 11.3 Å². The Morgan fingerprint density at radius 1 is 1.17 bits per heavy atom. The molecule has 0 aromatic carbocycles. The second kappa shape index (κ2) is 18.1. The van der Waals surface area contributed by atoms with Gasteiger partial charge in [-0.2, -0.15) is 12.8 Å². The largest absolute Gasteiger partial charge is 0.465 e. The van der Waals surface area contributed by atoms with Crippen LogP contribution < -0.4 is 5.32 Å². The van der Waals surface area contributed by atoms with Gasteiger partial charge in [-0.05, 0) is 31.6 Å². The van der Waals surface area contributed by atoms with E-state index in [0.29, 0.717) is 43.4 Å². The number of nitrogens with one attached hydrogen (secondary N) is 1. The molecule has 1 fully saturated rings. The summed E-state index contributed by atoms with van der Waals surface area (Å²) in [5.41, 5.74) is 0. The summed E-state index contributed by atoms with van der Waals surface area (Å²) in [5, 5.41) is 40.4. The standard InChI is InChI=1S/C27H42N4O8S2/c1-3-4-7-11-20(33)14-15-22-21(23(34)18-24(22)35)12-8-5-6-9-13-25(36)39-17-10-16-28-41(37,38)27-31-30-26(40-27)29-19(2)32/h5,8,14-16,20-24,33-35H,3-4,6-7,9-13,17-18H2,1-2H3,(H,29,30,32)/b8-5-,15-14+,28-16?/t20-,21+,22+,23-,24+/m0/s1. The Balaban J connectivity index is 1.65. The summed E-state index contributed by atoms with van der Waals surface area (Å²) in [4.78, 5) is 23.0. The minimum Gasteiger partial charge on any atom is -0.465 e. The van der Waals surface area contributed by atoms with E-state index in [1.165, 1.54) is 6.92 Å². The Bertz CT molecular complexity index is 1150.